The molecule has 0 amide bonds. The van der Waals surface area contributed by atoms with Crippen LogP contribution in [0.5, 0.6) is 0 Å². The van der Waals surface area contributed by atoms with Gasteiger partial charge < -0.3 is 10.1 Å². The number of aromatic amines is 1. The zero-order valence-corrected chi connectivity index (χ0v) is 10.4. The maximum absolute atomic E-state index is 11.7. The van der Waals surface area contributed by atoms with Crippen LogP contribution in [-0.2, 0) is 9.53 Å². The van der Waals surface area contributed by atoms with Crippen LogP contribution < -0.4 is 11.0 Å². The molecule has 0 bridgehead atoms. The molecule has 1 atom stereocenters. The van der Waals surface area contributed by atoms with Gasteiger partial charge in [-0.15, -0.1) is 0 Å². The predicted molar refractivity (Wildman–Crippen MR) is 63.7 cm³/mol. The Kier molecular flexibility index (Phi) is 3.88. The Hall–Kier alpha value is -1.85. The molecule has 0 aliphatic carbocycles. The fourth-order valence-corrected chi connectivity index (χ4v) is 1.36. The molecule has 0 aliphatic heterocycles. The SMILES string of the molecule is COC(=O)C(Nc1ccnc(=O)[nH]1)C(C)(C)C. The van der Waals surface area contributed by atoms with Crippen molar-refractivity contribution in [3.05, 3.63) is 22.7 Å². The molecule has 6 nitrogen and oxygen atoms in total. The van der Waals surface area contributed by atoms with Crippen LogP contribution in [-0.4, -0.2) is 29.1 Å². The first kappa shape index (κ1) is 13.2. The van der Waals surface area contributed by atoms with Gasteiger partial charge in [0.2, 0.25) is 0 Å². The Bertz CT molecular complexity index is 448. The van der Waals surface area contributed by atoms with E-state index in [-0.39, 0.29) is 11.4 Å². The van der Waals surface area contributed by atoms with E-state index in [0.717, 1.165) is 0 Å². The lowest BCUT2D eigenvalue weighted by Crippen LogP contribution is -2.42. The van der Waals surface area contributed by atoms with Crippen LogP contribution in [0.15, 0.2) is 17.1 Å². The first-order valence-electron chi connectivity index (χ1n) is 5.24. The highest BCUT2D eigenvalue weighted by Crippen LogP contribution is 2.23. The molecule has 0 saturated heterocycles. The van der Waals surface area contributed by atoms with Crippen LogP contribution in [0.1, 0.15) is 20.8 Å². The maximum atomic E-state index is 11.7. The molecule has 1 aromatic heterocycles. The van der Waals surface area contributed by atoms with Crippen molar-refractivity contribution in [1.82, 2.24) is 9.97 Å². The lowest BCUT2D eigenvalue weighted by atomic mass is 9.87. The molecule has 6 heteroatoms. The van der Waals surface area contributed by atoms with E-state index in [2.05, 4.69) is 15.3 Å². The smallest absolute Gasteiger partial charge is 0.346 e. The average Bonchev–Trinajstić information content (AvgIpc) is 2.23. The molecule has 94 valence electrons. The summed E-state index contributed by atoms with van der Waals surface area (Å²) in [7, 11) is 1.33. The summed E-state index contributed by atoms with van der Waals surface area (Å²) in [5.41, 5.74) is -0.805. The number of nitrogens with zero attached hydrogens (tertiary/aromatic N) is 1. The zero-order valence-electron chi connectivity index (χ0n) is 10.4. The predicted octanol–water partition coefficient (Wildman–Crippen LogP) is 0.769. The fraction of sp³-hybridized carbons (Fsp3) is 0.545. The summed E-state index contributed by atoms with van der Waals surface area (Å²) in [6, 6.07) is 1.04. The number of ether oxygens (including phenoxy) is 1. The fourth-order valence-electron chi connectivity index (χ4n) is 1.36. The van der Waals surface area contributed by atoms with E-state index in [1.807, 2.05) is 20.8 Å². The quantitative estimate of drug-likeness (QED) is 0.761. The van der Waals surface area contributed by atoms with Gasteiger partial charge in [-0.3, -0.25) is 4.98 Å². The number of hydrogen-bond acceptors (Lipinski definition) is 5. The second kappa shape index (κ2) is 4.99. The van der Waals surface area contributed by atoms with E-state index >= 15 is 0 Å². The van der Waals surface area contributed by atoms with Crippen molar-refractivity contribution >= 4 is 11.8 Å². The second-order valence-corrected chi connectivity index (χ2v) is 4.76. The van der Waals surface area contributed by atoms with Crippen LogP contribution in [0.2, 0.25) is 0 Å². The van der Waals surface area contributed by atoms with Crippen LogP contribution >= 0.6 is 0 Å². The molecule has 1 aromatic rings. The minimum absolute atomic E-state index is 0.340. The van der Waals surface area contributed by atoms with Gasteiger partial charge in [0.05, 0.1) is 7.11 Å². The van der Waals surface area contributed by atoms with Crippen molar-refractivity contribution < 1.29 is 9.53 Å². The molecule has 2 N–H and O–H groups in total. The van der Waals surface area contributed by atoms with E-state index in [0.29, 0.717) is 5.82 Å². The van der Waals surface area contributed by atoms with Crippen LogP contribution in [0.25, 0.3) is 0 Å². The normalized spacial score (nSPS) is 12.9. The number of carbonyl (C=O) groups is 1. The number of anilines is 1. The van der Waals surface area contributed by atoms with Crippen molar-refractivity contribution in [3.8, 4) is 0 Å². The topological polar surface area (TPSA) is 84.1 Å². The van der Waals surface area contributed by atoms with E-state index in [1.165, 1.54) is 13.3 Å². The second-order valence-electron chi connectivity index (χ2n) is 4.76. The summed E-state index contributed by atoms with van der Waals surface area (Å²) in [5.74, 6) is 0.0606. The summed E-state index contributed by atoms with van der Waals surface area (Å²) >= 11 is 0. The van der Waals surface area contributed by atoms with Gasteiger partial charge in [0.25, 0.3) is 0 Å². The van der Waals surface area contributed by atoms with Gasteiger partial charge in [-0.1, -0.05) is 20.8 Å². The van der Waals surface area contributed by atoms with E-state index in [1.54, 1.807) is 6.07 Å². The van der Waals surface area contributed by atoms with Gasteiger partial charge in [-0.2, -0.15) is 0 Å². The highest BCUT2D eigenvalue weighted by Gasteiger charge is 2.32. The minimum atomic E-state index is -0.550. The standard InChI is InChI=1S/C11H17N3O3/c1-11(2,3)8(9(15)17-4)13-7-5-6-12-10(16)14-7/h5-6,8H,1-4H3,(H2,12,13,14,16). The summed E-state index contributed by atoms with van der Waals surface area (Å²) in [4.78, 5) is 28.7. The maximum Gasteiger partial charge on any atom is 0.346 e. The number of rotatable bonds is 3. The lowest BCUT2D eigenvalue weighted by molar-refractivity contribution is -0.143. The summed E-state index contributed by atoms with van der Waals surface area (Å²) in [6.45, 7) is 5.71. The highest BCUT2D eigenvalue weighted by molar-refractivity contribution is 5.79. The Morgan fingerprint density at radius 3 is 2.65 bits per heavy atom. The number of H-pyrrole nitrogens is 1. The molecule has 1 unspecified atom stereocenters. The number of carbonyl (C=O) groups excluding carboxylic acids is 1. The molecule has 17 heavy (non-hydrogen) atoms. The van der Waals surface area contributed by atoms with Crippen LogP contribution in [0.3, 0.4) is 0 Å². The monoisotopic (exact) mass is 239 g/mol. The lowest BCUT2D eigenvalue weighted by Gasteiger charge is -2.29. The van der Waals surface area contributed by atoms with Crippen molar-refractivity contribution in [2.45, 2.75) is 26.8 Å². The van der Waals surface area contributed by atoms with Gasteiger partial charge in [-0.25, -0.2) is 14.6 Å². The van der Waals surface area contributed by atoms with Crippen molar-refractivity contribution in [2.75, 3.05) is 12.4 Å². The first-order chi connectivity index (χ1) is 7.84. The third-order valence-corrected chi connectivity index (χ3v) is 2.28. The van der Waals surface area contributed by atoms with Crippen molar-refractivity contribution in [2.24, 2.45) is 5.41 Å². The Morgan fingerprint density at radius 2 is 2.18 bits per heavy atom. The Labute approximate surface area is 99.4 Å². The highest BCUT2D eigenvalue weighted by atomic mass is 16.5. The molecule has 0 aliphatic rings. The summed E-state index contributed by atoms with van der Waals surface area (Å²) in [6.07, 6.45) is 1.37. The third-order valence-electron chi connectivity index (χ3n) is 2.28. The minimum Gasteiger partial charge on any atom is -0.467 e. The van der Waals surface area contributed by atoms with Crippen LogP contribution in [0.4, 0.5) is 5.82 Å². The number of esters is 1. The molecular formula is C11H17N3O3. The van der Waals surface area contributed by atoms with Gasteiger partial charge in [0.1, 0.15) is 11.9 Å². The zero-order chi connectivity index (χ0) is 13.1. The van der Waals surface area contributed by atoms with Gasteiger partial charge in [0.15, 0.2) is 0 Å². The van der Waals surface area contributed by atoms with Gasteiger partial charge in [-0.05, 0) is 11.5 Å². The molecular weight excluding hydrogens is 222 g/mol. The Balaban J connectivity index is 2.95. The van der Waals surface area contributed by atoms with E-state index in [4.69, 9.17) is 4.74 Å². The molecule has 0 aromatic carbocycles. The number of aromatic nitrogens is 2. The summed E-state index contributed by atoms with van der Waals surface area (Å²) in [5, 5.41) is 2.94. The van der Waals surface area contributed by atoms with Gasteiger partial charge >= 0.3 is 11.7 Å². The van der Waals surface area contributed by atoms with E-state index in [9.17, 15) is 9.59 Å². The molecule has 0 radical (unpaired) electrons. The Morgan fingerprint density at radius 1 is 1.53 bits per heavy atom. The number of methoxy groups -OCH3 is 1. The number of hydrogen-bond donors (Lipinski definition) is 2. The average molecular weight is 239 g/mol. The molecule has 1 rings (SSSR count). The number of nitrogens with one attached hydrogen (secondary N) is 2. The van der Waals surface area contributed by atoms with Crippen LogP contribution in [0, 0.1) is 5.41 Å². The first-order valence-corrected chi connectivity index (χ1v) is 5.24. The molecule has 0 saturated carbocycles. The molecule has 1 heterocycles. The largest absolute Gasteiger partial charge is 0.467 e. The molecule has 0 spiro atoms. The summed E-state index contributed by atoms with van der Waals surface area (Å²) < 4.78 is 4.73. The van der Waals surface area contributed by atoms with Gasteiger partial charge in [0, 0.05) is 6.20 Å². The molecule has 0 fully saturated rings. The van der Waals surface area contributed by atoms with E-state index < -0.39 is 11.7 Å². The third kappa shape index (κ3) is 3.58. The van der Waals surface area contributed by atoms with Crippen molar-refractivity contribution in [1.29, 1.82) is 0 Å². The van der Waals surface area contributed by atoms with Crippen molar-refractivity contribution in [3.63, 3.8) is 0 Å².